The summed E-state index contributed by atoms with van der Waals surface area (Å²) >= 11 is 6.18. The first-order chi connectivity index (χ1) is 12.5. The van der Waals surface area contributed by atoms with Gasteiger partial charge in [-0.05, 0) is 31.0 Å². The number of hydrogen-bond donors (Lipinski definition) is 2. The molecule has 1 aromatic carbocycles. The number of rotatable bonds is 6. The molecule has 1 atom stereocenters. The Hall–Kier alpha value is -2.38. The average Bonchev–Trinajstić information content (AvgIpc) is 3.04. The number of halogens is 1. The number of hydrogen-bond acceptors (Lipinski definition) is 4. The molecule has 8 heteroatoms. The Kier molecular flexibility index (Phi) is 5.90. The molecule has 1 amide bonds. The van der Waals surface area contributed by atoms with Crippen LogP contribution in [-0.4, -0.2) is 50.8 Å². The topological polar surface area (TPSA) is 87.5 Å². The van der Waals surface area contributed by atoms with E-state index in [1.165, 1.54) is 0 Å². The van der Waals surface area contributed by atoms with Crippen molar-refractivity contribution in [2.45, 2.75) is 31.8 Å². The second-order valence-corrected chi connectivity index (χ2v) is 6.74. The third-order valence-corrected chi connectivity index (χ3v) is 4.88. The molecule has 1 unspecified atom stereocenters. The Morgan fingerprint density at radius 1 is 1.27 bits per heavy atom. The van der Waals surface area contributed by atoms with Crippen molar-refractivity contribution >= 4 is 29.3 Å². The van der Waals surface area contributed by atoms with Gasteiger partial charge in [0.05, 0.1) is 19.3 Å². The van der Waals surface area contributed by atoms with E-state index in [1.807, 2.05) is 18.2 Å². The number of carboxylic acids is 1. The van der Waals surface area contributed by atoms with Crippen LogP contribution in [0, 0.1) is 0 Å². The van der Waals surface area contributed by atoms with Gasteiger partial charge >= 0.3 is 5.97 Å². The van der Waals surface area contributed by atoms with Gasteiger partial charge in [0, 0.05) is 11.1 Å². The number of likely N-dealkylation sites (tertiary alicyclic amines) is 1. The van der Waals surface area contributed by atoms with Crippen LogP contribution in [0.5, 0.6) is 0 Å². The van der Waals surface area contributed by atoms with Crippen molar-refractivity contribution in [1.82, 2.24) is 14.7 Å². The number of nitrogens with zero attached hydrogens (tertiary/aromatic N) is 3. The van der Waals surface area contributed by atoms with Crippen LogP contribution >= 0.6 is 11.6 Å². The predicted molar refractivity (Wildman–Crippen MR) is 98.3 cm³/mol. The Morgan fingerprint density at radius 3 is 2.85 bits per heavy atom. The van der Waals surface area contributed by atoms with E-state index in [9.17, 15) is 14.7 Å². The van der Waals surface area contributed by atoms with E-state index in [-0.39, 0.29) is 12.5 Å². The van der Waals surface area contributed by atoms with E-state index in [0.29, 0.717) is 30.4 Å². The SMILES string of the molecule is O=C(CN1CCCCC1C(=O)O)Nc1ccnn1Cc1ccccc1Cl. The molecule has 3 rings (SSSR count). The third kappa shape index (κ3) is 4.42. The van der Waals surface area contributed by atoms with Crippen molar-refractivity contribution in [3.8, 4) is 0 Å². The number of anilines is 1. The third-order valence-electron chi connectivity index (χ3n) is 4.51. The van der Waals surface area contributed by atoms with Gasteiger partial charge in [-0.1, -0.05) is 36.2 Å². The van der Waals surface area contributed by atoms with E-state index in [0.717, 1.165) is 18.4 Å². The maximum Gasteiger partial charge on any atom is 0.320 e. The minimum absolute atomic E-state index is 0.0498. The average molecular weight is 377 g/mol. The van der Waals surface area contributed by atoms with Crippen molar-refractivity contribution in [2.24, 2.45) is 0 Å². The lowest BCUT2D eigenvalue weighted by Gasteiger charge is -2.32. The fourth-order valence-electron chi connectivity index (χ4n) is 3.18. The zero-order valence-corrected chi connectivity index (χ0v) is 15.0. The standard InChI is InChI=1S/C18H21ClN4O3/c19-14-6-2-1-5-13(14)11-23-16(8-9-20-23)21-17(24)12-22-10-4-3-7-15(22)18(25)26/h1-2,5-6,8-9,15H,3-4,7,10-12H2,(H,21,24)(H,25,26). The van der Waals surface area contributed by atoms with Crippen LogP contribution in [-0.2, 0) is 16.1 Å². The molecular formula is C18H21ClN4O3. The van der Waals surface area contributed by atoms with Crippen molar-refractivity contribution < 1.29 is 14.7 Å². The highest BCUT2D eigenvalue weighted by Gasteiger charge is 2.29. The summed E-state index contributed by atoms with van der Waals surface area (Å²) in [5.74, 6) is -0.570. The van der Waals surface area contributed by atoms with E-state index in [1.54, 1.807) is 27.9 Å². The first-order valence-corrected chi connectivity index (χ1v) is 8.94. The normalized spacial score (nSPS) is 17.8. The number of aliphatic carboxylic acids is 1. The number of carbonyl (C=O) groups is 2. The Labute approximate surface area is 156 Å². The minimum atomic E-state index is -0.874. The van der Waals surface area contributed by atoms with E-state index < -0.39 is 12.0 Å². The Morgan fingerprint density at radius 2 is 2.08 bits per heavy atom. The maximum atomic E-state index is 12.4. The second kappa shape index (κ2) is 8.33. The lowest BCUT2D eigenvalue weighted by Crippen LogP contribution is -2.47. The highest BCUT2D eigenvalue weighted by Crippen LogP contribution is 2.19. The van der Waals surface area contributed by atoms with Crippen LogP contribution in [0.1, 0.15) is 24.8 Å². The molecule has 2 heterocycles. The van der Waals surface area contributed by atoms with Gasteiger partial charge in [-0.2, -0.15) is 5.10 Å². The van der Waals surface area contributed by atoms with Gasteiger partial charge in [0.2, 0.25) is 5.91 Å². The van der Waals surface area contributed by atoms with Crippen molar-refractivity contribution in [1.29, 1.82) is 0 Å². The first-order valence-electron chi connectivity index (χ1n) is 8.56. The summed E-state index contributed by atoms with van der Waals surface area (Å²) in [4.78, 5) is 25.5. The van der Waals surface area contributed by atoms with Gasteiger partial charge < -0.3 is 10.4 Å². The highest BCUT2D eigenvalue weighted by atomic mass is 35.5. The van der Waals surface area contributed by atoms with Crippen LogP contribution in [0.4, 0.5) is 5.82 Å². The number of piperidine rings is 1. The molecule has 1 aliphatic heterocycles. The van der Waals surface area contributed by atoms with Gasteiger partial charge in [-0.15, -0.1) is 0 Å². The number of carbonyl (C=O) groups excluding carboxylic acids is 1. The number of amides is 1. The summed E-state index contributed by atoms with van der Waals surface area (Å²) in [5, 5.41) is 17.0. The van der Waals surface area contributed by atoms with Crippen LogP contribution in [0.15, 0.2) is 36.5 Å². The van der Waals surface area contributed by atoms with Crippen molar-refractivity contribution in [2.75, 3.05) is 18.4 Å². The van der Waals surface area contributed by atoms with Gasteiger partial charge in [0.25, 0.3) is 0 Å². The van der Waals surface area contributed by atoms with Gasteiger partial charge in [0.15, 0.2) is 0 Å². The summed E-state index contributed by atoms with van der Waals surface area (Å²) < 4.78 is 1.66. The zero-order valence-electron chi connectivity index (χ0n) is 14.3. The minimum Gasteiger partial charge on any atom is -0.480 e. The second-order valence-electron chi connectivity index (χ2n) is 6.33. The molecule has 2 aromatic rings. The van der Waals surface area contributed by atoms with Crippen LogP contribution < -0.4 is 5.32 Å². The molecule has 0 bridgehead atoms. The predicted octanol–water partition coefficient (Wildman–Crippen LogP) is 2.46. The summed E-state index contributed by atoms with van der Waals surface area (Å²) in [6.07, 6.45) is 3.96. The van der Waals surface area contributed by atoms with E-state index >= 15 is 0 Å². The number of aromatic nitrogens is 2. The van der Waals surface area contributed by atoms with Crippen LogP contribution in [0.2, 0.25) is 5.02 Å². The zero-order chi connectivity index (χ0) is 18.5. The first kappa shape index (κ1) is 18.4. The number of carboxylic acid groups (broad SMARTS) is 1. The van der Waals surface area contributed by atoms with E-state index in [4.69, 9.17) is 11.6 Å². The summed E-state index contributed by atoms with van der Waals surface area (Å²) in [7, 11) is 0. The Bertz CT molecular complexity index is 792. The number of benzene rings is 1. The van der Waals surface area contributed by atoms with Gasteiger partial charge in [-0.25, -0.2) is 4.68 Å². The molecule has 1 aromatic heterocycles. The molecule has 26 heavy (non-hydrogen) atoms. The smallest absolute Gasteiger partial charge is 0.320 e. The molecule has 7 nitrogen and oxygen atoms in total. The largest absolute Gasteiger partial charge is 0.480 e. The molecule has 0 saturated carbocycles. The summed E-state index contributed by atoms with van der Waals surface area (Å²) in [6.45, 7) is 1.10. The highest BCUT2D eigenvalue weighted by molar-refractivity contribution is 6.31. The molecule has 0 spiro atoms. The molecule has 2 N–H and O–H groups in total. The summed E-state index contributed by atoms with van der Waals surface area (Å²) in [6, 6.07) is 8.57. The molecular weight excluding hydrogens is 356 g/mol. The van der Waals surface area contributed by atoms with Gasteiger partial charge in [-0.3, -0.25) is 14.5 Å². The molecule has 0 aliphatic carbocycles. The van der Waals surface area contributed by atoms with E-state index in [2.05, 4.69) is 10.4 Å². The number of nitrogens with one attached hydrogen (secondary N) is 1. The monoisotopic (exact) mass is 376 g/mol. The van der Waals surface area contributed by atoms with Crippen LogP contribution in [0.3, 0.4) is 0 Å². The van der Waals surface area contributed by atoms with Crippen molar-refractivity contribution in [3.05, 3.63) is 47.1 Å². The quantitative estimate of drug-likeness (QED) is 0.808. The Balaban J connectivity index is 1.64. The summed E-state index contributed by atoms with van der Waals surface area (Å²) in [5.41, 5.74) is 0.898. The molecule has 0 radical (unpaired) electrons. The molecule has 1 fully saturated rings. The molecule has 1 saturated heterocycles. The molecule has 1 aliphatic rings. The maximum absolute atomic E-state index is 12.4. The lowest BCUT2D eigenvalue weighted by molar-refractivity contribution is -0.145. The molecule has 138 valence electrons. The van der Waals surface area contributed by atoms with Gasteiger partial charge in [0.1, 0.15) is 11.9 Å². The lowest BCUT2D eigenvalue weighted by atomic mass is 10.0. The fraction of sp³-hybridized carbons (Fsp3) is 0.389. The van der Waals surface area contributed by atoms with Crippen molar-refractivity contribution in [3.63, 3.8) is 0 Å². The fourth-order valence-corrected chi connectivity index (χ4v) is 3.38. The van der Waals surface area contributed by atoms with Crippen LogP contribution in [0.25, 0.3) is 0 Å².